The molecule has 0 saturated heterocycles. The second-order valence-electron chi connectivity index (χ2n) is 7.73. The molecule has 0 spiro atoms. The molecule has 0 bridgehead atoms. The monoisotopic (exact) mass is 336 g/mol. The van der Waals surface area contributed by atoms with Crippen molar-refractivity contribution in [1.82, 2.24) is 0 Å². The van der Waals surface area contributed by atoms with E-state index < -0.39 is 12.0 Å². The Bertz CT molecular complexity index is 872. The Morgan fingerprint density at radius 1 is 1.08 bits per heavy atom. The molecule has 25 heavy (non-hydrogen) atoms. The van der Waals surface area contributed by atoms with Crippen molar-refractivity contribution >= 4 is 22.9 Å². The molecule has 2 aromatic carbocycles. The normalized spacial score (nSPS) is 24.4. The molecule has 1 heterocycles. The Labute approximate surface area is 147 Å². The lowest BCUT2D eigenvalue weighted by Crippen LogP contribution is -2.42. The number of nitrogens with zero attached hydrogens (tertiary/aromatic N) is 1. The summed E-state index contributed by atoms with van der Waals surface area (Å²) in [4.78, 5) is 17.8. The first kappa shape index (κ1) is 16.0. The van der Waals surface area contributed by atoms with Crippen LogP contribution >= 0.6 is 0 Å². The molecule has 1 aliphatic carbocycles. The fourth-order valence-electron chi connectivity index (χ4n) is 4.00. The van der Waals surface area contributed by atoms with Crippen LogP contribution in [0.15, 0.2) is 53.5 Å². The molecule has 0 amide bonds. The molecule has 128 valence electrons. The van der Waals surface area contributed by atoms with Gasteiger partial charge < -0.3 is 5.32 Å². The number of fused-ring (bicyclic) bond motifs is 2. The maximum absolute atomic E-state index is 14.5. The van der Waals surface area contributed by atoms with E-state index >= 15 is 0 Å². The van der Waals surface area contributed by atoms with Crippen molar-refractivity contribution in [3.8, 4) is 0 Å². The molecule has 4 heteroatoms. The van der Waals surface area contributed by atoms with Gasteiger partial charge in [0.2, 0.25) is 0 Å². The number of anilines is 1. The Morgan fingerprint density at radius 3 is 2.60 bits per heavy atom. The van der Waals surface area contributed by atoms with Crippen LogP contribution in [0.5, 0.6) is 0 Å². The summed E-state index contributed by atoms with van der Waals surface area (Å²) in [6.07, 6.45) is 1.23. The van der Waals surface area contributed by atoms with Crippen molar-refractivity contribution in [2.24, 2.45) is 16.3 Å². The van der Waals surface area contributed by atoms with E-state index in [-0.39, 0.29) is 17.0 Å². The Hall–Kier alpha value is -2.49. The number of carbonyl (C=O) groups is 1. The molecule has 1 unspecified atom stereocenters. The number of aliphatic imine (C=N–C) groups is 1. The molecule has 0 aromatic heterocycles. The van der Waals surface area contributed by atoms with Gasteiger partial charge in [0, 0.05) is 17.7 Å². The summed E-state index contributed by atoms with van der Waals surface area (Å²) < 4.78 is 14.5. The third kappa shape index (κ3) is 2.86. The van der Waals surface area contributed by atoms with E-state index in [9.17, 15) is 9.18 Å². The molecule has 1 saturated carbocycles. The average molecular weight is 336 g/mol. The van der Waals surface area contributed by atoms with Crippen molar-refractivity contribution in [1.29, 1.82) is 0 Å². The number of hydrogen-bond acceptors (Lipinski definition) is 3. The minimum absolute atomic E-state index is 0.120. The SMILES string of the molecule is CC1(C)CC(=O)C2C(=Nc3ccccc3N[C@@H]2c2ccccc2F)C1. The summed E-state index contributed by atoms with van der Waals surface area (Å²) in [5.41, 5.74) is 2.90. The predicted octanol–water partition coefficient (Wildman–Crippen LogP) is 5.07. The molecule has 1 N–H and O–H groups in total. The highest BCUT2D eigenvalue weighted by molar-refractivity contribution is 6.10. The molecule has 1 fully saturated rings. The first-order valence-electron chi connectivity index (χ1n) is 8.65. The minimum Gasteiger partial charge on any atom is -0.375 e. The lowest BCUT2D eigenvalue weighted by atomic mass is 9.68. The Balaban J connectivity index is 1.89. The number of Topliss-reactive ketones (excluding diaryl/α,β-unsaturated/α-hetero) is 1. The van der Waals surface area contributed by atoms with Gasteiger partial charge in [-0.25, -0.2) is 4.39 Å². The van der Waals surface area contributed by atoms with Gasteiger partial charge in [0.25, 0.3) is 0 Å². The lowest BCUT2D eigenvalue weighted by molar-refractivity contribution is -0.124. The van der Waals surface area contributed by atoms with E-state index in [4.69, 9.17) is 4.99 Å². The summed E-state index contributed by atoms with van der Waals surface area (Å²) >= 11 is 0. The molecule has 2 aromatic rings. The first-order valence-corrected chi connectivity index (χ1v) is 8.65. The maximum Gasteiger partial charge on any atom is 0.144 e. The van der Waals surface area contributed by atoms with Crippen molar-refractivity contribution in [3.63, 3.8) is 0 Å². The summed E-state index contributed by atoms with van der Waals surface area (Å²) in [5, 5.41) is 3.40. The topological polar surface area (TPSA) is 41.5 Å². The van der Waals surface area contributed by atoms with Crippen LogP contribution in [0.2, 0.25) is 0 Å². The summed E-state index contributed by atoms with van der Waals surface area (Å²) in [7, 11) is 0. The van der Waals surface area contributed by atoms with Crippen LogP contribution in [0.1, 0.15) is 38.3 Å². The van der Waals surface area contributed by atoms with Crippen LogP contribution in [-0.2, 0) is 4.79 Å². The number of benzene rings is 2. The predicted molar refractivity (Wildman–Crippen MR) is 97.8 cm³/mol. The fourth-order valence-corrected chi connectivity index (χ4v) is 4.00. The van der Waals surface area contributed by atoms with E-state index in [2.05, 4.69) is 19.2 Å². The molecule has 1 aliphatic heterocycles. The smallest absolute Gasteiger partial charge is 0.144 e. The van der Waals surface area contributed by atoms with Gasteiger partial charge in [-0.05, 0) is 30.0 Å². The number of para-hydroxylation sites is 2. The van der Waals surface area contributed by atoms with Gasteiger partial charge in [-0.2, -0.15) is 0 Å². The summed E-state index contributed by atoms with van der Waals surface area (Å²) in [6.45, 7) is 4.18. The zero-order chi connectivity index (χ0) is 17.6. The largest absolute Gasteiger partial charge is 0.375 e. The van der Waals surface area contributed by atoms with Crippen molar-refractivity contribution in [2.45, 2.75) is 32.7 Å². The highest BCUT2D eigenvalue weighted by atomic mass is 19.1. The zero-order valence-electron chi connectivity index (χ0n) is 14.4. The standard InChI is InChI=1S/C21H21FN2O/c1-21(2)11-17-19(18(25)12-21)20(13-7-3-4-8-14(13)22)24-16-10-6-5-9-15(16)23-17/h3-10,19-20,24H,11-12H2,1-2H3/t19?,20-/m1/s1. The fraction of sp³-hybridized carbons (Fsp3) is 0.333. The van der Waals surface area contributed by atoms with Crippen LogP contribution in [-0.4, -0.2) is 11.5 Å². The van der Waals surface area contributed by atoms with Crippen LogP contribution in [0, 0.1) is 17.2 Å². The van der Waals surface area contributed by atoms with E-state index in [0.717, 1.165) is 23.5 Å². The second-order valence-corrected chi connectivity index (χ2v) is 7.73. The third-order valence-corrected chi connectivity index (χ3v) is 5.07. The molecule has 2 aliphatic rings. The third-order valence-electron chi connectivity index (χ3n) is 5.07. The van der Waals surface area contributed by atoms with Crippen LogP contribution < -0.4 is 5.32 Å². The van der Waals surface area contributed by atoms with E-state index in [1.54, 1.807) is 12.1 Å². The van der Waals surface area contributed by atoms with Gasteiger partial charge in [0.05, 0.1) is 23.3 Å². The van der Waals surface area contributed by atoms with Gasteiger partial charge >= 0.3 is 0 Å². The highest BCUT2D eigenvalue weighted by Crippen LogP contribution is 2.45. The van der Waals surface area contributed by atoms with Crippen LogP contribution in [0.25, 0.3) is 0 Å². The van der Waals surface area contributed by atoms with E-state index in [1.165, 1.54) is 6.07 Å². The van der Waals surface area contributed by atoms with Gasteiger partial charge in [-0.1, -0.05) is 44.2 Å². The van der Waals surface area contributed by atoms with Crippen LogP contribution in [0.4, 0.5) is 15.8 Å². The number of hydrogen-bond donors (Lipinski definition) is 1. The zero-order valence-corrected chi connectivity index (χ0v) is 14.4. The maximum atomic E-state index is 14.5. The van der Waals surface area contributed by atoms with Crippen molar-refractivity contribution in [3.05, 3.63) is 59.9 Å². The molecular formula is C21H21FN2O. The second kappa shape index (κ2) is 5.80. The molecule has 4 rings (SSSR count). The van der Waals surface area contributed by atoms with Gasteiger partial charge in [0.1, 0.15) is 11.6 Å². The van der Waals surface area contributed by atoms with E-state index in [1.807, 2.05) is 30.3 Å². The Kier molecular flexibility index (Phi) is 3.71. The first-order chi connectivity index (χ1) is 11.9. The molecule has 0 radical (unpaired) electrons. The highest BCUT2D eigenvalue weighted by Gasteiger charge is 2.44. The molecule has 3 nitrogen and oxygen atoms in total. The molecular weight excluding hydrogens is 315 g/mol. The average Bonchev–Trinajstić information content (AvgIpc) is 2.70. The van der Waals surface area contributed by atoms with Gasteiger partial charge in [0.15, 0.2) is 0 Å². The van der Waals surface area contributed by atoms with Crippen molar-refractivity contribution in [2.75, 3.05) is 5.32 Å². The number of carbonyl (C=O) groups excluding carboxylic acids is 1. The number of nitrogens with one attached hydrogen (secondary N) is 1. The number of halogens is 1. The van der Waals surface area contributed by atoms with Crippen molar-refractivity contribution < 1.29 is 9.18 Å². The lowest BCUT2D eigenvalue weighted by Gasteiger charge is -2.37. The van der Waals surface area contributed by atoms with Crippen LogP contribution in [0.3, 0.4) is 0 Å². The van der Waals surface area contributed by atoms with Gasteiger partial charge in [-0.15, -0.1) is 0 Å². The minimum atomic E-state index is -0.438. The molecule has 2 atom stereocenters. The summed E-state index contributed by atoms with van der Waals surface area (Å²) in [5.74, 6) is -0.600. The quantitative estimate of drug-likeness (QED) is 0.790. The number of ketones is 1. The number of rotatable bonds is 1. The Morgan fingerprint density at radius 2 is 1.80 bits per heavy atom. The van der Waals surface area contributed by atoms with Gasteiger partial charge in [-0.3, -0.25) is 9.79 Å². The van der Waals surface area contributed by atoms with E-state index in [0.29, 0.717) is 12.0 Å². The summed E-state index contributed by atoms with van der Waals surface area (Å²) in [6, 6.07) is 14.0.